The molecule has 1 heterocycles. The van der Waals surface area contributed by atoms with E-state index in [1.807, 2.05) is 24.3 Å². The van der Waals surface area contributed by atoms with Crippen molar-refractivity contribution in [1.82, 2.24) is 4.98 Å². The van der Waals surface area contributed by atoms with Crippen molar-refractivity contribution in [3.8, 4) is 0 Å². The first-order chi connectivity index (χ1) is 8.15. The third-order valence-electron chi connectivity index (χ3n) is 2.15. The zero-order valence-corrected chi connectivity index (χ0v) is 11.2. The second-order valence-corrected chi connectivity index (χ2v) is 5.30. The van der Waals surface area contributed by atoms with E-state index in [-0.39, 0.29) is 0 Å². The molecule has 0 radical (unpaired) electrons. The van der Waals surface area contributed by atoms with Crippen LogP contribution in [0.2, 0.25) is 10.2 Å². The van der Waals surface area contributed by atoms with Gasteiger partial charge in [-0.1, -0.05) is 29.3 Å². The molecule has 88 valence electrons. The van der Waals surface area contributed by atoms with E-state index in [0.29, 0.717) is 10.2 Å². The largest absolute Gasteiger partial charge is 0.399 e. The van der Waals surface area contributed by atoms with Crippen LogP contribution in [-0.4, -0.2) is 4.98 Å². The molecule has 0 saturated carbocycles. The van der Waals surface area contributed by atoms with Crippen molar-refractivity contribution in [2.75, 3.05) is 5.73 Å². The number of benzene rings is 1. The summed E-state index contributed by atoms with van der Waals surface area (Å²) in [5, 5.41) is 1.05. The fourth-order valence-electron chi connectivity index (χ4n) is 1.31. The number of nitrogen functional groups attached to an aromatic ring is 1. The summed E-state index contributed by atoms with van der Waals surface area (Å²) in [5.74, 6) is 0.743. The molecule has 0 aliphatic rings. The number of nitrogens with zero attached hydrogens (tertiary/aromatic N) is 1. The van der Waals surface area contributed by atoms with Crippen molar-refractivity contribution in [3.05, 3.63) is 52.3 Å². The summed E-state index contributed by atoms with van der Waals surface area (Å²) < 4.78 is 0. The highest BCUT2D eigenvalue weighted by atomic mass is 35.5. The van der Waals surface area contributed by atoms with E-state index < -0.39 is 0 Å². The molecule has 0 spiro atoms. The van der Waals surface area contributed by atoms with Crippen molar-refractivity contribution in [2.45, 2.75) is 10.6 Å². The van der Waals surface area contributed by atoms with Gasteiger partial charge in [0.1, 0.15) is 5.15 Å². The minimum absolute atomic E-state index is 0.410. The second-order valence-electron chi connectivity index (χ2n) is 3.46. The van der Waals surface area contributed by atoms with Crippen molar-refractivity contribution in [2.24, 2.45) is 0 Å². The van der Waals surface area contributed by atoms with Gasteiger partial charge in [0, 0.05) is 27.6 Å². The fraction of sp³-hybridized carbons (Fsp3) is 0.0833. The lowest BCUT2D eigenvalue weighted by molar-refractivity contribution is 1.25. The van der Waals surface area contributed by atoms with Crippen LogP contribution in [0.4, 0.5) is 5.69 Å². The van der Waals surface area contributed by atoms with Crippen LogP contribution in [0.1, 0.15) is 5.56 Å². The number of nitrogens with two attached hydrogens (primary N) is 1. The highest BCUT2D eigenvalue weighted by Crippen LogP contribution is 2.28. The Balaban J connectivity index is 2.07. The number of hydrogen-bond donors (Lipinski definition) is 1. The topological polar surface area (TPSA) is 38.9 Å². The monoisotopic (exact) mass is 284 g/mol. The number of pyridine rings is 1. The van der Waals surface area contributed by atoms with Gasteiger partial charge in [0.05, 0.1) is 0 Å². The summed E-state index contributed by atoms with van der Waals surface area (Å²) in [6, 6.07) is 9.39. The van der Waals surface area contributed by atoms with Gasteiger partial charge in [0.15, 0.2) is 0 Å². The van der Waals surface area contributed by atoms with Gasteiger partial charge in [-0.15, -0.1) is 11.8 Å². The summed E-state index contributed by atoms with van der Waals surface area (Å²) in [6.07, 6.45) is 1.70. The number of hydrogen-bond acceptors (Lipinski definition) is 3. The predicted molar refractivity (Wildman–Crippen MR) is 74.7 cm³/mol. The molecule has 0 aliphatic heterocycles. The maximum absolute atomic E-state index is 6.06. The highest BCUT2D eigenvalue weighted by Gasteiger charge is 2.03. The first-order valence-corrected chi connectivity index (χ1v) is 6.67. The molecule has 1 aromatic heterocycles. The fourth-order valence-corrected chi connectivity index (χ4v) is 2.77. The average Bonchev–Trinajstić information content (AvgIpc) is 2.28. The van der Waals surface area contributed by atoms with Crippen LogP contribution in [0.3, 0.4) is 0 Å². The van der Waals surface area contributed by atoms with Crippen LogP contribution in [0.15, 0.2) is 41.4 Å². The smallest absolute Gasteiger partial charge is 0.130 e. The Labute approximate surface area is 114 Å². The molecule has 0 atom stereocenters. The van der Waals surface area contributed by atoms with Gasteiger partial charge in [0.2, 0.25) is 0 Å². The first-order valence-electron chi connectivity index (χ1n) is 4.93. The summed E-state index contributed by atoms with van der Waals surface area (Å²) in [7, 11) is 0. The Morgan fingerprint density at radius 1 is 1.24 bits per heavy atom. The molecule has 0 amide bonds. The highest BCUT2D eigenvalue weighted by molar-refractivity contribution is 7.98. The molecular weight excluding hydrogens is 275 g/mol. The van der Waals surface area contributed by atoms with Crippen molar-refractivity contribution < 1.29 is 0 Å². The second kappa shape index (κ2) is 5.63. The van der Waals surface area contributed by atoms with Gasteiger partial charge in [-0.3, -0.25) is 0 Å². The number of rotatable bonds is 3. The third-order valence-corrected chi connectivity index (χ3v) is 3.75. The summed E-state index contributed by atoms with van der Waals surface area (Å²) in [6.45, 7) is 0. The molecule has 1 aromatic carbocycles. The molecule has 0 bridgehead atoms. The number of halogens is 2. The Hall–Kier alpha value is -0.900. The molecule has 2 N–H and O–H groups in total. The molecule has 0 unspecified atom stereocenters. The molecule has 0 fully saturated rings. The molecule has 0 saturated heterocycles. The third kappa shape index (κ3) is 3.53. The van der Waals surface area contributed by atoms with Crippen LogP contribution in [0.5, 0.6) is 0 Å². The SMILES string of the molecule is Nc1cccc(SCc2cnc(Cl)cc2Cl)c1. The Morgan fingerprint density at radius 2 is 2.06 bits per heavy atom. The van der Waals surface area contributed by atoms with E-state index in [1.54, 1.807) is 24.0 Å². The van der Waals surface area contributed by atoms with E-state index in [0.717, 1.165) is 21.9 Å². The maximum Gasteiger partial charge on any atom is 0.130 e. The van der Waals surface area contributed by atoms with Gasteiger partial charge in [0.25, 0.3) is 0 Å². The summed E-state index contributed by atoms with van der Waals surface area (Å²) in [5.41, 5.74) is 7.43. The summed E-state index contributed by atoms with van der Waals surface area (Å²) >= 11 is 13.5. The van der Waals surface area contributed by atoms with E-state index in [2.05, 4.69) is 4.98 Å². The van der Waals surface area contributed by atoms with Gasteiger partial charge < -0.3 is 5.73 Å². The zero-order valence-electron chi connectivity index (χ0n) is 8.86. The minimum Gasteiger partial charge on any atom is -0.399 e. The molecule has 2 rings (SSSR count). The Morgan fingerprint density at radius 3 is 2.76 bits per heavy atom. The number of anilines is 1. The minimum atomic E-state index is 0.410. The van der Waals surface area contributed by atoms with Crippen LogP contribution < -0.4 is 5.73 Å². The molecule has 2 aromatic rings. The Bertz CT molecular complexity index is 532. The van der Waals surface area contributed by atoms with Gasteiger partial charge in [-0.25, -0.2) is 4.98 Å². The van der Waals surface area contributed by atoms with Crippen LogP contribution in [0, 0.1) is 0 Å². The van der Waals surface area contributed by atoms with Crippen LogP contribution in [-0.2, 0) is 5.75 Å². The lowest BCUT2D eigenvalue weighted by atomic mass is 10.3. The quantitative estimate of drug-likeness (QED) is 0.520. The molecular formula is C12H10Cl2N2S. The van der Waals surface area contributed by atoms with Gasteiger partial charge in [-0.05, 0) is 29.8 Å². The van der Waals surface area contributed by atoms with Gasteiger partial charge >= 0.3 is 0 Å². The van der Waals surface area contributed by atoms with E-state index in [1.165, 1.54) is 0 Å². The average molecular weight is 285 g/mol. The van der Waals surface area contributed by atoms with E-state index in [9.17, 15) is 0 Å². The van der Waals surface area contributed by atoms with Crippen LogP contribution >= 0.6 is 35.0 Å². The molecule has 17 heavy (non-hydrogen) atoms. The van der Waals surface area contributed by atoms with Crippen molar-refractivity contribution in [1.29, 1.82) is 0 Å². The first kappa shape index (κ1) is 12.6. The molecule has 0 aliphatic carbocycles. The lowest BCUT2D eigenvalue weighted by Crippen LogP contribution is -1.87. The molecule has 2 nitrogen and oxygen atoms in total. The Kier molecular flexibility index (Phi) is 4.15. The van der Waals surface area contributed by atoms with Crippen LogP contribution in [0.25, 0.3) is 0 Å². The summed E-state index contributed by atoms with van der Waals surface area (Å²) in [4.78, 5) is 5.12. The number of thioether (sulfide) groups is 1. The van der Waals surface area contributed by atoms with Crippen molar-refractivity contribution >= 4 is 40.7 Å². The normalized spacial score (nSPS) is 10.5. The molecule has 5 heteroatoms. The zero-order chi connectivity index (χ0) is 12.3. The predicted octanol–water partition coefficient (Wildman–Crippen LogP) is 4.26. The lowest BCUT2D eigenvalue weighted by Gasteiger charge is -2.04. The maximum atomic E-state index is 6.06. The standard InChI is InChI=1S/C12H10Cl2N2S/c13-11-5-12(14)16-6-8(11)7-17-10-3-1-2-9(15)4-10/h1-6H,7,15H2. The van der Waals surface area contributed by atoms with Gasteiger partial charge in [-0.2, -0.15) is 0 Å². The van der Waals surface area contributed by atoms with Crippen molar-refractivity contribution in [3.63, 3.8) is 0 Å². The number of aromatic nitrogens is 1. The van der Waals surface area contributed by atoms with E-state index >= 15 is 0 Å². The van der Waals surface area contributed by atoms with E-state index in [4.69, 9.17) is 28.9 Å².